The van der Waals surface area contributed by atoms with Crippen LogP contribution >= 0.6 is 0 Å². The van der Waals surface area contributed by atoms with Crippen LogP contribution in [0.25, 0.3) is 0 Å². The zero-order chi connectivity index (χ0) is 17.0. The SMILES string of the molecule is Cc1ncc(CN2CCOC(CO)(Cc3cccc(F)c3)C2)cn1. The van der Waals surface area contributed by atoms with Crippen LogP contribution in [0, 0.1) is 12.7 Å². The van der Waals surface area contributed by atoms with Crippen molar-refractivity contribution in [3.63, 3.8) is 0 Å². The highest BCUT2D eigenvalue weighted by Crippen LogP contribution is 2.24. The minimum Gasteiger partial charge on any atom is -0.393 e. The van der Waals surface area contributed by atoms with Crippen LogP contribution in [0.5, 0.6) is 0 Å². The summed E-state index contributed by atoms with van der Waals surface area (Å²) in [5.74, 6) is 0.474. The van der Waals surface area contributed by atoms with Crippen molar-refractivity contribution in [1.82, 2.24) is 14.9 Å². The van der Waals surface area contributed by atoms with Gasteiger partial charge in [-0.25, -0.2) is 14.4 Å². The van der Waals surface area contributed by atoms with Gasteiger partial charge in [-0.2, -0.15) is 0 Å². The molecular formula is C18H22FN3O2. The van der Waals surface area contributed by atoms with Crippen molar-refractivity contribution in [3.8, 4) is 0 Å². The zero-order valence-electron chi connectivity index (χ0n) is 13.8. The van der Waals surface area contributed by atoms with Crippen molar-refractivity contribution in [2.45, 2.75) is 25.5 Å². The second-order valence-electron chi connectivity index (χ2n) is 6.35. The lowest BCUT2D eigenvalue weighted by atomic mass is 9.93. The molecule has 24 heavy (non-hydrogen) atoms. The molecule has 1 aromatic carbocycles. The van der Waals surface area contributed by atoms with E-state index < -0.39 is 5.60 Å². The monoisotopic (exact) mass is 331 g/mol. The number of aromatic nitrogens is 2. The maximum absolute atomic E-state index is 13.4. The molecule has 0 spiro atoms. The lowest BCUT2D eigenvalue weighted by molar-refractivity contribution is -0.134. The molecule has 1 fully saturated rings. The highest BCUT2D eigenvalue weighted by atomic mass is 19.1. The second-order valence-corrected chi connectivity index (χ2v) is 6.35. The number of benzene rings is 1. The summed E-state index contributed by atoms with van der Waals surface area (Å²) >= 11 is 0. The van der Waals surface area contributed by atoms with Crippen LogP contribution in [-0.4, -0.2) is 51.9 Å². The van der Waals surface area contributed by atoms with Gasteiger partial charge in [-0.3, -0.25) is 4.90 Å². The number of aliphatic hydroxyl groups excluding tert-OH is 1. The Kier molecular flexibility index (Phi) is 5.18. The van der Waals surface area contributed by atoms with E-state index in [-0.39, 0.29) is 12.4 Å². The minimum absolute atomic E-state index is 0.107. The maximum atomic E-state index is 13.4. The first-order valence-corrected chi connectivity index (χ1v) is 8.08. The number of hydrogen-bond acceptors (Lipinski definition) is 5. The average Bonchev–Trinajstić information content (AvgIpc) is 2.57. The van der Waals surface area contributed by atoms with Crippen molar-refractivity contribution in [2.24, 2.45) is 0 Å². The van der Waals surface area contributed by atoms with Crippen molar-refractivity contribution in [2.75, 3.05) is 26.3 Å². The first-order chi connectivity index (χ1) is 11.6. The van der Waals surface area contributed by atoms with Crippen LogP contribution in [0.3, 0.4) is 0 Å². The largest absolute Gasteiger partial charge is 0.393 e. The average molecular weight is 331 g/mol. The van der Waals surface area contributed by atoms with E-state index in [0.717, 1.165) is 23.5 Å². The Balaban J connectivity index is 1.70. The number of morpholine rings is 1. The Morgan fingerprint density at radius 1 is 1.29 bits per heavy atom. The van der Waals surface area contributed by atoms with E-state index in [9.17, 15) is 9.50 Å². The van der Waals surface area contributed by atoms with Crippen LogP contribution in [0.2, 0.25) is 0 Å². The molecule has 0 aliphatic carbocycles. The lowest BCUT2D eigenvalue weighted by Gasteiger charge is -2.42. The third kappa shape index (κ3) is 4.14. The van der Waals surface area contributed by atoms with Gasteiger partial charge < -0.3 is 9.84 Å². The quantitative estimate of drug-likeness (QED) is 0.904. The van der Waals surface area contributed by atoms with Crippen molar-refractivity contribution in [3.05, 3.63) is 59.4 Å². The molecule has 128 valence electrons. The van der Waals surface area contributed by atoms with E-state index in [1.54, 1.807) is 6.07 Å². The van der Waals surface area contributed by atoms with Gasteiger partial charge in [-0.15, -0.1) is 0 Å². The third-order valence-electron chi connectivity index (χ3n) is 4.27. The number of ether oxygens (including phenoxy) is 1. The zero-order valence-corrected chi connectivity index (χ0v) is 13.8. The molecule has 1 aromatic heterocycles. The van der Waals surface area contributed by atoms with E-state index in [4.69, 9.17) is 4.74 Å². The van der Waals surface area contributed by atoms with Gasteiger partial charge in [0.05, 0.1) is 13.2 Å². The summed E-state index contributed by atoms with van der Waals surface area (Å²) in [5, 5.41) is 9.92. The van der Waals surface area contributed by atoms with Crippen LogP contribution < -0.4 is 0 Å². The molecule has 1 unspecified atom stereocenters. The number of hydrogen-bond donors (Lipinski definition) is 1. The van der Waals surface area contributed by atoms with Crippen LogP contribution in [0.15, 0.2) is 36.7 Å². The Morgan fingerprint density at radius 2 is 2.08 bits per heavy atom. The summed E-state index contributed by atoms with van der Waals surface area (Å²) in [6, 6.07) is 6.45. The third-order valence-corrected chi connectivity index (χ3v) is 4.27. The molecule has 6 heteroatoms. The van der Waals surface area contributed by atoms with Gasteiger partial charge in [0.15, 0.2) is 0 Å². The highest BCUT2D eigenvalue weighted by molar-refractivity contribution is 5.19. The van der Waals surface area contributed by atoms with Crippen molar-refractivity contribution in [1.29, 1.82) is 0 Å². The molecule has 1 aliphatic rings. The van der Waals surface area contributed by atoms with Crippen LogP contribution in [0.4, 0.5) is 4.39 Å². The standard InChI is InChI=1S/C18H22FN3O2/c1-14-20-9-16(10-21-14)11-22-5-6-24-18(12-22,13-23)8-15-3-2-4-17(19)7-15/h2-4,7,9-10,23H,5-6,8,11-13H2,1H3. The second kappa shape index (κ2) is 7.34. The lowest BCUT2D eigenvalue weighted by Crippen LogP contribution is -2.55. The molecule has 1 N–H and O–H groups in total. The minimum atomic E-state index is -0.711. The van der Waals surface area contributed by atoms with Gasteiger partial charge in [0.25, 0.3) is 0 Å². The fourth-order valence-electron chi connectivity index (χ4n) is 3.10. The molecule has 1 aliphatic heterocycles. The van der Waals surface area contributed by atoms with Crippen molar-refractivity contribution >= 4 is 0 Å². The molecule has 0 radical (unpaired) electrons. The first kappa shape index (κ1) is 17.0. The van der Waals surface area contributed by atoms with Crippen LogP contribution in [-0.2, 0) is 17.7 Å². The fraction of sp³-hybridized carbons (Fsp3) is 0.444. The number of aryl methyl sites for hydroxylation is 1. The Labute approximate surface area is 141 Å². The summed E-state index contributed by atoms with van der Waals surface area (Å²) in [6.45, 7) is 4.34. The molecule has 2 aromatic rings. The molecule has 3 rings (SSSR count). The van der Waals surface area contributed by atoms with Gasteiger partial charge in [-0.1, -0.05) is 12.1 Å². The van der Waals surface area contributed by atoms with Crippen molar-refractivity contribution < 1.29 is 14.2 Å². The van der Waals surface area contributed by atoms with Gasteiger partial charge >= 0.3 is 0 Å². The predicted molar refractivity (Wildman–Crippen MR) is 87.9 cm³/mol. The van der Waals surface area contributed by atoms with E-state index in [1.807, 2.05) is 25.4 Å². The number of halogens is 1. The Hall–Kier alpha value is -1.89. The Bertz CT molecular complexity index is 680. The van der Waals surface area contributed by atoms with E-state index in [1.165, 1.54) is 12.1 Å². The number of aliphatic hydroxyl groups is 1. The molecule has 0 bridgehead atoms. The first-order valence-electron chi connectivity index (χ1n) is 8.08. The number of nitrogens with zero attached hydrogens (tertiary/aromatic N) is 3. The van der Waals surface area contributed by atoms with Gasteiger partial charge in [-0.05, 0) is 24.6 Å². The summed E-state index contributed by atoms with van der Waals surface area (Å²) < 4.78 is 19.3. The molecule has 2 heterocycles. The summed E-state index contributed by atoms with van der Waals surface area (Å²) in [7, 11) is 0. The number of rotatable bonds is 5. The Morgan fingerprint density at radius 3 is 2.79 bits per heavy atom. The molecule has 1 atom stereocenters. The fourth-order valence-corrected chi connectivity index (χ4v) is 3.10. The summed E-state index contributed by atoms with van der Waals surface area (Å²) in [6.07, 6.45) is 4.12. The smallest absolute Gasteiger partial charge is 0.125 e. The van der Waals surface area contributed by atoms with E-state index in [0.29, 0.717) is 26.1 Å². The van der Waals surface area contributed by atoms with Crippen LogP contribution in [0.1, 0.15) is 17.0 Å². The topological polar surface area (TPSA) is 58.5 Å². The predicted octanol–water partition coefficient (Wildman–Crippen LogP) is 1.73. The molecule has 5 nitrogen and oxygen atoms in total. The highest BCUT2D eigenvalue weighted by Gasteiger charge is 2.36. The summed E-state index contributed by atoms with van der Waals surface area (Å²) in [4.78, 5) is 10.7. The normalized spacial score (nSPS) is 21.8. The summed E-state index contributed by atoms with van der Waals surface area (Å²) in [5.41, 5.74) is 1.14. The van der Waals surface area contributed by atoms with Gasteiger partial charge in [0, 0.05) is 44.0 Å². The maximum Gasteiger partial charge on any atom is 0.125 e. The van der Waals surface area contributed by atoms with E-state index >= 15 is 0 Å². The molecule has 0 amide bonds. The van der Waals surface area contributed by atoms with Gasteiger partial charge in [0.2, 0.25) is 0 Å². The molecule has 0 saturated carbocycles. The van der Waals surface area contributed by atoms with Gasteiger partial charge in [0.1, 0.15) is 17.2 Å². The molecular weight excluding hydrogens is 309 g/mol. The van der Waals surface area contributed by atoms with E-state index in [2.05, 4.69) is 14.9 Å². The molecule has 1 saturated heterocycles.